The molecule has 0 aromatic heterocycles. The SMILES string of the molecule is COc1ccc(C(SCCCCC(=O)O)(c2ccccc2)c2ccccc2)cc1. The van der Waals surface area contributed by atoms with Gasteiger partial charge in [-0.25, -0.2) is 0 Å². The van der Waals surface area contributed by atoms with Gasteiger partial charge >= 0.3 is 5.97 Å². The number of thioether (sulfide) groups is 1. The number of hydrogen-bond acceptors (Lipinski definition) is 3. The number of carbonyl (C=O) groups is 1. The Hall–Kier alpha value is -2.72. The molecule has 0 heterocycles. The minimum Gasteiger partial charge on any atom is -0.497 e. The molecule has 29 heavy (non-hydrogen) atoms. The average Bonchev–Trinajstić information content (AvgIpc) is 2.77. The molecular formula is C25H26O3S. The number of ether oxygens (including phenoxy) is 1. The number of unbranched alkanes of at least 4 members (excludes halogenated alkanes) is 1. The molecule has 0 saturated carbocycles. The van der Waals surface area contributed by atoms with Crippen molar-refractivity contribution in [2.45, 2.75) is 24.0 Å². The Morgan fingerprint density at radius 2 is 1.34 bits per heavy atom. The highest BCUT2D eigenvalue weighted by atomic mass is 32.2. The van der Waals surface area contributed by atoms with Crippen LogP contribution >= 0.6 is 11.8 Å². The molecule has 150 valence electrons. The van der Waals surface area contributed by atoms with Gasteiger partial charge in [0.05, 0.1) is 11.9 Å². The van der Waals surface area contributed by atoms with Crippen LogP contribution in [0.4, 0.5) is 0 Å². The molecule has 4 heteroatoms. The first-order chi connectivity index (χ1) is 14.2. The summed E-state index contributed by atoms with van der Waals surface area (Å²) in [5.74, 6) is 0.959. The van der Waals surface area contributed by atoms with E-state index in [4.69, 9.17) is 9.84 Å². The molecule has 0 radical (unpaired) electrons. The summed E-state index contributed by atoms with van der Waals surface area (Å²) < 4.78 is 4.99. The number of rotatable bonds is 10. The van der Waals surface area contributed by atoms with Crippen LogP contribution in [0.2, 0.25) is 0 Å². The predicted octanol–water partition coefficient (Wildman–Crippen LogP) is 5.98. The zero-order chi connectivity index (χ0) is 20.5. The van der Waals surface area contributed by atoms with Crippen LogP contribution in [-0.4, -0.2) is 23.9 Å². The van der Waals surface area contributed by atoms with Gasteiger partial charge in [0.2, 0.25) is 0 Å². The van der Waals surface area contributed by atoms with Crippen molar-refractivity contribution >= 4 is 17.7 Å². The quantitative estimate of drug-likeness (QED) is 0.333. The van der Waals surface area contributed by atoms with Crippen LogP contribution in [0, 0.1) is 0 Å². The first-order valence-electron chi connectivity index (χ1n) is 9.78. The van der Waals surface area contributed by atoms with Gasteiger partial charge in [0, 0.05) is 6.42 Å². The van der Waals surface area contributed by atoms with Crippen LogP contribution in [0.5, 0.6) is 5.75 Å². The van der Waals surface area contributed by atoms with Crippen molar-refractivity contribution in [3.63, 3.8) is 0 Å². The Balaban J connectivity index is 2.04. The maximum absolute atomic E-state index is 10.9. The molecule has 0 amide bonds. The lowest BCUT2D eigenvalue weighted by Crippen LogP contribution is -2.26. The third-order valence-corrected chi connectivity index (χ3v) is 6.59. The monoisotopic (exact) mass is 406 g/mol. The summed E-state index contributed by atoms with van der Waals surface area (Å²) in [6.45, 7) is 0. The van der Waals surface area contributed by atoms with Gasteiger partial charge in [-0.2, -0.15) is 0 Å². The van der Waals surface area contributed by atoms with E-state index in [0.29, 0.717) is 6.42 Å². The van der Waals surface area contributed by atoms with Crippen molar-refractivity contribution in [3.8, 4) is 5.75 Å². The van der Waals surface area contributed by atoms with Crippen molar-refractivity contribution < 1.29 is 14.6 Å². The van der Waals surface area contributed by atoms with Crippen molar-refractivity contribution in [2.24, 2.45) is 0 Å². The summed E-state index contributed by atoms with van der Waals surface area (Å²) in [7, 11) is 1.67. The Morgan fingerprint density at radius 3 is 1.83 bits per heavy atom. The molecule has 1 N–H and O–H groups in total. The normalized spacial score (nSPS) is 11.2. The Labute approximate surface area is 176 Å². The molecule has 0 aliphatic rings. The van der Waals surface area contributed by atoms with E-state index in [1.54, 1.807) is 7.11 Å². The summed E-state index contributed by atoms with van der Waals surface area (Å²) in [5.41, 5.74) is 3.60. The number of methoxy groups -OCH3 is 1. The van der Waals surface area contributed by atoms with Crippen LogP contribution in [0.1, 0.15) is 36.0 Å². The highest BCUT2D eigenvalue weighted by Crippen LogP contribution is 2.49. The van der Waals surface area contributed by atoms with Crippen LogP contribution in [0.25, 0.3) is 0 Å². The standard InChI is InChI=1S/C25H26O3S/c1-28-23-17-15-22(16-18-23)25(20-10-4-2-5-11-20,21-12-6-3-7-13-21)29-19-9-8-14-24(26)27/h2-7,10-13,15-18H,8-9,14,19H2,1H3,(H,26,27). The lowest BCUT2D eigenvalue weighted by Gasteiger charge is -2.35. The molecular weight excluding hydrogens is 380 g/mol. The molecule has 0 aliphatic heterocycles. The smallest absolute Gasteiger partial charge is 0.303 e. The van der Waals surface area contributed by atoms with Gasteiger partial charge in [-0.15, -0.1) is 11.8 Å². The third kappa shape index (κ3) is 5.01. The highest BCUT2D eigenvalue weighted by molar-refractivity contribution is 8.00. The molecule has 3 aromatic carbocycles. The number of hydrogen-bond donors (Lipinski definition) is 1. The van der Waals surface area contributed by atoms with Gasteiger partial charge in [0.1, 0.15) is 5.75 Å². The molecule has 0 bridgehead atoms. The summed E-state index contributed by atoms with van der Waals surface area (Å²) in [5, 5.41) is 8.94. The number of carboxylic acid groups (broad SMARTS) is 1. The van der Waals surface area contributed by atoms with Gasteiger partial charge in [0.25, 0.3) is 0 Å². The first kappa shape index (κ1) is 21.0. The van der Waals surface area contributed by atoms with Gasteiger partial charge in [-0.3, -0.25) is 4.79 Å². The maximum atomic E-state index is 10.9. The van der Waals surface area contributed by atoms with Gasteiger partial charge < -0.3 is 9.84 Å². The molecule has 0 spiro atoms. The summed E-state index contributed by atoms with van der Waals surface area (Å²) in [6.07, 6.45) is 1.76. The van der Waals surface area contributed by atoms with Crippen molar-refractivity contribution in [2.75, 3.05) is 12.9 Å². The first-order valence-corrected chi connectivity index (χ1v) is 10.8. The minimum absolute atomic E-state index is 0.215. The van der Waals surface area contributed by atoms with Crippen molar-refractivity contribution in [3.05, 3.63) is 102 Å². The largest absolute Gasteiger partial charge is 0.497 e. The maximum Gasteiger partial charge on any atom is 0.303 e. The lowest BCUT2D eigenvalue weighted by atomic mass is 9.84. The van der Waals surface area contributed by atoms with E-state index in [2.05, 4.69) is 60.7 Å². The van der Waals surface area contributed by atoms with E-state index < -0.39 is 5.97 Å². The fourth-order valence-electron chi connectivity index (χ4n) is 3.52. The van der Waals surface area contributed by atoms with Gasteiger partial charge in [-0.05, 0) is 47.4 Å². The van der Waals surface area contributed by atoms with Crippen molar-refractivity contribution in [1.29, 1.82) is 0 Å². The third-order valence-electron chi connectivity index (χ3n) is 4.96. The summed E-state index contributed by atoms with van der Waals surface area (Å²) >= 11 is 1.86. The molecule has 0 saturated heterocycles. The van der Waals surface area contributed by atoms with Gasteiger partial charge in [0.15, 0.2) is 0 Å². The van der Waals surface area contributed by atoms with Crippen molar-refractivity contribution in [1.82, 2.24) is 0 Å². The van der Waals surface area contributed by atoms with E-state index in [-0.39, 0.29) is 11.2 Å². The molecule has 0 aliphatic carbocycles. The molecule has 0 unspecified atom stereocenters. The van der Waals surface area contributed by atoms with E-state index >= 15 is 0 Å². The summed E-state index contributed by atoms with van der Waals surface area (Å²) in [4.78, 5) is 10.9. The molecule has 0 fully saturated rings. The molecule has 3 rings (SSSR count). The fraction of sp³-hybridized carbons (Fsp3) is 0.240. The van der Waals surface area contributed by atoms with E-state index in [1.807, 2.05) is 36.0 Å². The molecule has 0 atom stereocenters. The van der Waals surface area contributed by atoms with Crippen LogP contribution in [0.15, 0.2) is 84.9 Å². The second-order valence-electron chi connectivity index (χ2n) is 6.84. The van der Waals surface area contributed by atoms with Crippen LogP contribution in [0.3, 0.4) is 0 Å². The second-order valence-corrected chi connectivity index (χ2v) is 8.15. The zero-order valence-electron chi connectivity index (χ0n) is 16.6. The lowest BCUT2D eigenvalue weighted by molar-refractivity contribution is -0.137. The fourth-order valence-corrected chi connectivity index (χ4v) is 5.09. The zero-order valence-corrected chi connectivity index (χ0v) is 17.4. The number of carboxylic acids is 1. The van der Waals surface area contributed by atoms with E-state index in [1.165, 1.54) is 16.7 Å². The number of aliphatic carboxylic acids is 1. The highest BCUT2D eigenvalue weighted by Gasteiger charge is 2.36. The van der Waals surface area contributed by atoms with Crippen LogP contribution < -0.4 is 4.74 Å². The number of benzene rings is 3. The topological polar surface area (TPSA) is 46.5 Å². The Kier molecular flexibility index (Phi) is 7.36. The summed E-state index contributed by atoms with van der Waals surface area (Å²) in [6, 6.07) is 29.3. The molecule has 3 aromatic rings. The van der Waals surface area contributed by atoms with E-state index in [9.17, 15) is 4.79 Å². The van der Waals surface area contributed by atoms with E-state index in [0.717, 1.165) is 17.9 Å². The minimum atomic E-state index is -0.734. The average molecular weight is 407 g/mol. The second kappa shape index (κ2) is 10.2. The predicted molar refractivity (Wildman–Crippen MR) is 120 cm³/mol. The Bertz CT molecular complexity index is 853. The Morgan fingerprint density at radius 1 is 0.828 bits per heavy atom. The van der Waals surface area contributed by atoms with Crippen LogP contribution in [-0.2, 0) is 9.54 Å². The molecule has 3 nitrogen and oxygen atoms in total. The van der Waals surface area contributed by atoms with Gasteiger partial charge in [-0.1, -0.05) is 72.8 Å².